The summed E-state index contributed by atoms with van der Waals surface area (Å²) in [6.07, 6.45) is 2.24. The average Bonchev–Trinajstić information content (AvgIpc) is 2.23. The van der Waals surface area contributed by atoms with Gasteiger partial charge in [-0.25, -0.2) is 0 Å². The molecule has 1 aromatic rings. The molecule has 0 saturated carbocycles. The maximum Gasteiger partial charge on any atom is 0.171 e. The van der Waals surface area contributed by atoms with Crippen LogP contribution in [0.2, 0.25) is 5.02 Å². The van der Waals surface area contributed by atoms with Crippen LogP contribution in [0.5, 0.6) is 0 Å². The Hall–Kier alpha value is -0.800. The highest BCUT2D eigenvalue weighted by Crippen LogP contribution is 2.27. The van der Waals surface area contributed by atoms with Crippen LogP contribution in [0.15, 0.2) is 12.1 Å². The fourth-order valence-corrected chi connectivity index (χ4v) is 2.62. The Kier molecular flexibility index (Phi) is 5.89. The second-order valence-electron chi connectivity index (χ2n) is 4.73. The van der Waals surface area contributed by atoms with E-state index in [1.165, 1.54) is 0 Å². The Balaban J connectivity index is 2.70. The lowest BCUT2D eigenvalue weighted by molar-refractivity contribution is 0.599. The topological polar surface area (TPSA) is 24.1 Å². The number of thiocarbonyl (C=S) groups is 1. The highest BCUT2D eigenvalue weighted by Gasteiger charge is 2.08. The smallest absolute Gasteiger partial charge is 0.171 e. The SMILES string of the molecule is CCC[C@@H](C)NC(=S)Nc1c(C)cc(C)cc1Cl. The molecule has 0 heterocycles. The first-order chi connectivity index (χ1) is 8.43. The largest absolute Gasteiger partial charge is 0.360 e. The molecule has 4 heteroatoms. The molecule has 0 radical (unpaired) electrons. The summed E-state index contributed by atoms with van der Waals surface area (Å²) < 4.78 is 0. The predicted molar refractivity (Wildman–Crippen MR) is 84.7 cm³/mol. The zero-order valence-corrected chi connectivity index (χ0v) is 13.0. The predicted octanol–water partition coefficient (Wildman–Crippen LogP) is 4.43. The summed E-state index contributed by atoms with van der Waals surface area (Å²) >= 11 is 11.5. The molecule has 0 unspecified atom stereocenters. The molecule has 0 aromatic heterocycles. The molecule has 0 bridgehead atoms. The minimum absolute atomic E-state index is 0.375. The summed E-state index contributed by atoms with van der Waals surface area (Å²) in [5.74, 6) is 0. The minimum atomic E-state index is 0.375. The van der Waals surface area contributed by atoms with Crippen molar-refractivity contribution in [1.29, 1.82) is 0 Å². The minimum Gasteiger partial charge on any atom is -0.360 e. The van der Waals surface area contributed by atoms with E-state index in [4.69, 9.17) is 23.8 Å². The van der Waals surface area contributed by atoms with E-state index in [2.05, 4.69) is 30.5 Å². The highest BCUT2D eigenvalue weighted by atomic mass is 35.5. The molecular weight excluding hydrogens is 264 g/mol. The van der Waals surface area contributed by atoms with Crippen LogP contribution < -0.4 is 10.6 Å². The molecule has 0 aliphatic heterocycles. The Morgan fingerprint density at radius 3 is 2.61 bits per heavy atom. The van der Waals surface area contributed by atoms with Gasteiger partial charge in [-0.1, -0.05) is 31.0 Å². The van der Waals surface area contributed by atoms with Gasteiger partial charge in [0, 0.05) is 6.04 Å². The number of rotatable bonds is 4. The average molecular weight is 285 g/mol. The van der Waals surface area contributed by atoms with Gasteiger partial charge >= 0.3 is 0 Å². The van der Waals surface area contributed by atoms with Gasteiger partial charge in [-0.2, -0.15) is 0 Å². The van der Waals surface area contributed by atoms with Gasteiger partial charge in [-0.3, -0.25) is 0 Å². The highest BCUT2D eigenvalue weighted by molar-refractivity contribution is 7.80. The van der Waals surface area contributed by atoms with Crippen LogP contribution in [0, 0.1) is 13.8 Å². The molecule has 18 heavy (non-hydrogen) atoms. The number of hydrogen-bond acceptors (Lipinski definition) is 1. The molecule has 0 aliphatic carbocycles. The van der Waals surface area contributed by atoms with Crippen LogP contribution in [0.25, 0.3) is 0 Å². The van der Waals surface area contributed by atoms with Crippen LogP contribution in [0.3, 0.4) is 0 Å². The maximum atomic E-state index is 6.23. The third kappa shape index (κ3) is 4.46. The van der Waals surface area contributed by atoms with Crippen molar-refractivity contribution in [2.24, 2.45) is 0 Å². The van der Waals surface area contributed by atoms with Crippen LogP contribution in [0.1, 0.15) is 37.8 Å². The second-order valence-corrected chi connectivity index (χ2v) is 5.54. The lowest BCUT2D eigenvalue weighted by atomic mass is 10.1. The molecule has 0 fully saturated rings. The van der Waals surface area contributed by atoms with E-state index in [0.717, 1.165) is 29.7 Å². The molecule has 0 amide bonds. The van der Waals surface area contributed by atoms with E-state index in [9.17, 15) is 0 Å². The lowest BCUT2D eigenvalue weighted by Crippen LogP contribution is -2.36. The van der Waals surface area contributed by atoms with Crippen molar-refractivity contribution in [1.82, 2.24) is 5.32 Å². The zero-order chi connectivity index (χ0) is 13.7. The number of aryl methyl sites for hydroxylation is 2. The van der Waals surface area contributed by atoms with Gasteiger partial charge in [0.2, 0.25) is 0 Å². The third-order valence-electron chi connectivity index (χ3n) is 2.77. The first kappa shape index (κ1) is 15.3. The van der Waals surface area contributed by atoms with Crippen molar-refractivity contribution >= 4 is 34.6 Å². The van der Waals surface area contributed by atoms with Crippen LogP contribution in [0.4, 0.5) is 5.69 Å². The quantitative estimate of drug-likeness (QED) is 0.800. The van der Waals surface area contributed by atoms with Gasteiger partial charge in [-0.05, 0) is 56.6 Å². The fourth-order valence-electron chi connectivity index (χ4n) is 1.95. The molecule has 1 aromatic carbocycles. The fraction of sp³-hybridized carbons (Fsp3) is 0.500. The van der Waals surface area contributed by atoms with E-state index < -0.39 is 0 Å². The Morgan fingerprint density at radius 1 is 1.39 bits per heavy atom. The number of anilines is 1. The molecule has 0 saturated heterocycles. The van der Waals surface area contributed by atoms with Gasteiger partial charge in [-0.15, -0.1) is 0 Å². The molecule has 0 spiro atoms. The maximum absolute atomic E-state index is 6.23. The molecule has 0 aliphatic rings. The van der Waals surface area contributed by atoms with E-state index in [0.29, 0.717) is 16.2 Å². The molecule has 100 valence electrons. The van der Waals surface area contributed by atoms with Gasteiger partial charge in [0.25, 0.3) is 0 Å². The molecule has 2 nitrogen and oxygen atoms in total. The van der Waals surface area contributed by atoms with Crippen molar-refractivity contribution in [2.75, 3.05) is 5.32 Å². The Bertz CT molecular complexity index is 409. The molecular formula is C14H21ClN2S. The summed E-state index contributed by atoms with van der Waals surface area (Å²) in [5, 5.41) is 7.78. The van der Waals surface area contributed by atoms with Crippen molar-refractivity contribution in [2.45, 2.75) is 46.6 Å². The van der Waals surface area contributed by atoms with Crippen LogP contribution in [-0.4, -0.2) is 11.2 Å². The number of halogens is 1. The second kappa shape index (κ2) is 6.95. The number of nitrogens with one attached hydrogen (secondary N) is 2. The summed E-state index contributed by atoms with van der Waals surface area (Å²) in [4.78, 5) is 0. The van der Waals surface area contributed by atoms with Crippen LogP contribution in [-0.2, 0) is 0 Å². The van der Waals surface area contributed by atoms with Gasteiger partial charge in [0.1, 0.15) is 0 Å². The van der Waals surface area contributed by atoms with Gasteiger partial charge in [0.05, 0.1) is 10.7 Å². The van der Waals surface area contributed by atoms with E-state index in [1.54, 1.807) is 0 Å². The van der Waals surface area contributed by atoms with Crippen molar-refractivity contribution in [3.05, 3.63) is 28.3 Å². The summed E-state index contributed by atoms with van der Waals surface area (Å²) in [5.41, 5.74) is 3.15. The van der Waals surface area contributed by atoms with Crippen molar-refractivity contribution < 1.29 is 0 Å². The third-order valence-corrected chi connectivity index (χ3v) is 3.29. The summed E-state index contributed by atoms with van der Waals surface area (Å²) in [7, 11) is 0. The zero-order valence-electron chi connectivity index (χ0n) is 11.4. The summed E-state index contributed by atoms with van der Waals surface area (Å²) in [6.45, 7) is 8.35. The lowest BCUT2D eigenvalue weighted by Gasteiger charge is -2.18. The van der Waals surface area contributed by atoms with E-state index >= 15 is 0 Å². The number of benzene rings is 1. The molecule has 1 atom stereocenters. The Morgan fingerprint density at radius 2 is 2.06 bits per heavy atom. The van der Waals surface area contributed by atoms with Crippen LogP contribution >= 0.6 is 23.8 Å². The normalized spacial score (nSPS) is 12.1. The monoisotopic (exact) mass is 284 g/mol. The standard InChI is InChI=1S/C14H21ClN2S/c1-5-6-11(4)16-14(18)17-13-10(3)7-9(2)8-12(13)15/h7-8,11H,5-6H2,1-4H3,(H2,16,17,18)/t11-/m1/s1. The van der Waals surface area contributed by atoms with Gasteiger partial charge in [0.15, 0.2) is 5.11 Å². The van der Waals surface area contributed by atoms with Gasteiger partial charge < -0.3 is 10.6 Å². The van der Waals surface area contributed by atoms with E-state index in [1.807, 2.05) is 19.9 Å². The first-order valence-corrected chi connectivity index (χ1v) is 7.07. The Labute approximate surface area is 120 Å². The first-order valence-electron chi connectivity index (χ1n) is 6.28. The van der Waals surface area contributed by atoms with Crippen molar-refractivity contribution in [3.8, 4) is 0 Å². The molecule has 2 N–H and O–H groups in total. The van der Waals surface area contributed by atoms with Crippen molar-refractivity contribution in [3.63, 3.8) is 0 Å². The van der Waals surface area contributed by atoms with E-state index in [-0.39, 0.29) is 0 Å². The molecule has 1 rings (SSSR count). The summed E-state index contributed by atoms with van der Waals surface area (Å²) in [6, 6.07) is 4.40. The number of hydrogen-bond donors (Lipinski definition) is 2.